The minimum Gasteiger partial charge on any atom is -0.493 e. The molecule has 0 aliphatic carbocycles. The van der Waals surface area contributed by atoms with E-state index < -0.39 is 6.10 Å². The van der Waals surface area contributed by atoms with E-state index in [0.29, 0.717) is 34.2 Å². The van der Waals surface area contributed by atoms with Crippen LogP contribution in [0.25, 0.3) is 11.0 Å². The molecule has 0 aliphatic heterocycles. The third kappa shape index (κ3) is 2.95. The van der Waals surface area contributed by atoms with Crippen molar-refractivity contribution in [3.63, 3.8) is 0 Å². The van der Waals surface area contributed by atoms with Crippen LogP contribution in [0.3, 0.4) is 0 Å². The quantitative estimate of drug-likeness (QED) is 0.700. The van der Waals surface area contributed by atoms with Gasteiger partial charge in [-0.3, -0.25) is 0 Å². The van der Waals surface area contributed by atoms with Crippen molar-refractivity contribution >= 4 is 26.9 Å². The van der Waals surface area contributed by atoms with Gasteiger partial charge in [-0.2, -0.15) is 0 Å². The molecule has 5 nitrogen and oxygen atoms in total. The molecule has 1 aromatic heterocycles. The Morgan fingerprint density at radius 3 is 2.21 bits per heavy atom. The maximum atomic E-state index is 10.7. The molecule has 6 heteroatoms. The SMILES string of the molecule is COc1cc(C(O)c2cc3cc(Br)ccc3o2)cc(OC)c1OC. The smallest absolute Gasteiger partial charge is 0.203 e. The zero-order valence-corrected chi connectivity index (χ0v) is 15.1. The van der Waals surface area contributed by atoms with Crippen LogP contribution < -0.4 is 14.2 Å². The number of methoxy groups -OCH3 is 3. The van der Waals surface area contributed by atoms with Crippen LogP contribution in [0.4, 0.5) is 0 Å². The Morgan fingerprint density at radius 2 is 1.62 bits per heavy atom. The summed E-state index contributed by atoms with van der Waals surface area (Å²) in [5, 5.41) is 11.6. The van der Waals surface area contributed by atoms with E-state index in [0.717, 1.165) is 9.86 Å². The fourth-order valence-corrected chi connectivity index (χ4v) is 2.97. The molecule has 1 heterocycles. The molecule has 126 valence electrons. The summed E-state index contributed by atoms with van der Waals surface area (Å²) < 4.78 is 22.7. The van der Waals surface area contributed by atoms with Gasteiger partial charge in [-0.15, -0.1) is 0 Å². The average molecular weight is 393 g/mol. The normalized spacial score (nSPS) is 12.2. The molecule has 0 bridgehead atoms. The third-order valence-corrected chi connectivity index (χ3v) is 4.26. The summed E-state index contributed by atoms with van der Waals surface area (Å²) in [6.07, 6.45) is -0.954. The van der Waals surface area contributed by atoms with Gasteiger partial charge in [0.15, 0.2) is 11.5 Å². The molecule has 0 amide bonds. The monoisotopic (exact) mass is 392 g/mol. The van der Waals surface area contributed by atoms with Crippen LogP contribution in [0.2, 0.25) is 0 Å². The van der Waals surface area contributed by atoms with Gasteiger partial charge in [0.1, 0.15) is 17.4 Å². The lowest BCUT2D eigenvalue weighted by atomic mass is 10.1. The summed E-state index contributed by atoms with van der Waals surface area (Å²) in [6, 6.07) is 10.9. The Balaban J connectivity index is 2.06. The fourth-order valence-electron chi connectivity index (χ4n) is 2.59. The maximum absolute atomic E-state index is 10.7. The van der Waals surface area contributed by atoms with Crippen molar-refractivity contribution in [1.82, 2.24) is 0 Å². The molecule has 0 radical (unpaired) electrons. The molecular formula is C18H17BrO5. The fraction of sp³-hybridized carbons (Fsp3) is 0.222. The first-order chi connectivity index (χ1) is 11.6. The molecule has 0 fully saturated rings. The van der Waals surface area contributed by atoms with Crippen LogP contribution in [0.1, 0.15) is 17.4 Å². The number of hydrogen-bond donors (Lipinski definition) is 1. The summed E-state index contributed by atoms with van der Waals surface area (Å²) in [6.45, 7) is 0. The molecule has 1 N–H and O–H groups in total. The van der Waals surface area contributed by atoms with Crippen LogP contribution in [-0.4, -0.2) is 26.4 Å². The zero-order chi connectivity index (χ0) is 17.3. The average Bonchev–Trinajstić information content (AvgIpc) is 3.02. The molecular weight excluding hydrogens is 376 g/mol. The van der Waals surface area contributed by atoms with Gasteiger partial charge in [0, 0.05) is 9.86 Å². The first-order valence-electron chi connectivity index (χ1n) is 7.24. The van der Waals surface area contributed by atoms with Gasteiger partial charge in [-0.25, -0.2) is 0 Å². The summed E-state index contributed by atoms with van der Waals surface area (Å²) in [5.41, 5.74) is 1.29. The number of ether oxygens (including phenoxy) is 3. The minimum atomic E-state index is -0.954. The van der Waals surface area contributed by atoms with Gasteiger partial charge < -0.3 is 23.7 Å². The van der Waals surface area contributed by atoms with Gasteiger partial charge in [0.2, 0.25) is 5.75 Å². The van der Waals surface area contributed by atoms with Gasteiger partial charge >= 0.3 is 0 Å². The topological polar surface area (TPSA) is 61.1 Å². The molecule has 24 heavy (non-hydrogen) atoms. The van der Waals surface area contributed by atoms with Crippen molar-refractivity contribution in [2.45, 2.75) is 6.10 Å². The Labute approximate surface area is 147 Å². The van der Waals surface area contributed by atoms with Crippen LogP contribution in [-0.2, 0) is 0 Å². The first kappa shape index (κ1) is 16.7. The standard InChI is InChI=1S/C18H17BrO5/c1-21-15-8-11(9-16(22-2)18(15)23-3)17(20)14-7-10-6-12(19)4-5-13(10)24-14/h4-9,17,20H,1-3H3. The molecule has 3 rings (SSSR count). The molecule has 3 aromatic rings. The number of benzene rings is 2. The highest BCUT2D eigenvalue weighted by Gasteiger charge is 2.21. The van der Waals surface area contributed by atoms with E-state index in [1.54, 1.807) is 12.1 Å². The van der Waals surface area contributed by atoms with Crippen molar-refractivity contribution < 1.29 is 23.7 Å². The Bertz CT molecular complexity index is 846. The van der Waals surface area contributed by atoms with E-state index in [2.05, 4.69) is 15.9 Å². The predicted octanol–water partition coefficient (Wildman–Crippen LogP) is 4.30. The molecule has 2 aromatic carbocycles. The largest absolute Gasteiger partial charge is 0.493 e. The molecule has 0 saturated carbocycles. The maximum Gasteiger partial charge on any atom is 0.203 e. The van der Waals surface area contributed by atoms with Gasteiger partial charge in [0.05, 0.1) is 21.3 Å². The van der Waals surface area contributed by atoms with Crippen molar-refractivity contribution in [1.29, 1.82) is 0 Å². The van der Waals surface area contributed by atoms with Crippen molar-refractivity contribution in [3.05, 3.63) is 52.2 Å². The summed E-state index contributed by atoms with van der Waals surface area (Å²) in [4.78, 5) is 0. The van der Waals surface area contributed by atoms with Gasteiger partial charge in [-0.1, -0.05) is 15.9 Å². The van der Waals surface area contributed by atoms with Crippen LogP contribution in [0, 0.1) is 0 Å². The van der Waals surface area contributed by atoms with E-state index in [-0.39, 0.29) is 0 Å². The summed E-state index contributed by atoms with van der Waals surface area (Å²) in [5.74, 6) is 1.87. The number of aliphatic hydroxyl groups excluding tert-OH is 1. The lowest BCUT2D eigenvalue weighted by Crippen LogP contribution is -2.02. The summed E-state index contributed by atoms with van der Waals surface area (Å²) >= 11 is 3.43. The Morgan fingerprint density at radius 1 is 0.958 bits per heavy atom. The Hall–Kier alpha value is -2.18. The molecule has 0 saturated heterocycles. The summed E-state index contributed by atoms with van der Waals surface area (Å²) in [7, 11) is 4.60. The van der Waals surface area contributed by atoms with E-state index in [1.807, 2.05) is 24.3 Å². The minimum absolute atomic E-state index is 0.442. The van der Waals surface area contributed by atoms with Crippen LogP contribution in [0.15, 0.2) is 45.3 Å². The van der Waals surface area contributed by atoms with E-state index >= 15 is 0 Å². The number of fused-ring (bicyclic) bond motifs is 1. The molecule has 0 spiro atoms. The van der Waals surface area contributed by atoms with Crippen molar-refractivity contribution in [3.8, 4) is 17.2 Å². The van der Waals surface area contributed by atoms with E-state index in [4.69, 9.17) is 18.6 Å². The van der Waals surface area contributed by atoms with Crippen LogP contribution in [0.5, 0.6) is 17.2 Å². The van der Waals surface area contributed by atoms with E-state index in [1.165, 1.54) is 21.3 Å². The number of hydrogen-bond acceptors (Lipinski definition) is 5. The second-order valence-corrected chi connectivity index (χ2v) is 6.11. The van der Waals surface area contributed by atoms with Crippen molar-refractivity contribution in [2.75, 3.05) is 21.3 Å². The highest BCUT2D eigenvalue weighted by atomic mass is 79.9. The second kappa shape index (κ2) is 6.75. The number of halogens is 1. The Kier molecular flexibility index (Phi) is 4.69. The number of rotatable bonds is 5. The number of aliphatic hydroxyl groups is 1. The second-order valence-electron chi connectivity index (χ2n) is 5.19. The molecule has 1 unspecified atom stereocenters. The first-order valence-corrected chi connectivity index (χ1v) is 8.03. The molecule has 0 aliphatic rings. The van der Waals surface area contributed by atoms with E-state index in [9.17, 15) is 5.11 Å². The lowest BCUT2D eigenvalue weighted by Gasteiger charge is -2.16. The van der Waals surface area contributed by atoms with Gasteiger partial charge in [-0.05, 0) is 42.0 Å². The highest BCUT2D eigenvalue weighted by Crippen LogP contribution is 2.41. The van der Waals surface area contributed by atoms with Crippen molar-refractivity contribution in [2.24, 2.45) is 0 Å². The lowest BCUT2D eigenvalue weighted by molar-refractivity contribution is 0.191. The molecule has 1 atom stereocenters. The van der Waals surface area contributed by atoms with Crippen LogP contribution >= 0.6 is 15.9 Å². The highest BCUT2D eigenvalue weighted by molar-refractivity contribution is 9.10. The predicted molar refractivity (Wildman–Crippen MR) is 94.1 cm³/mol. The zero-order valence-electron chi connectivity index (χ0n) is 13.5. The third-order valence-electron chi connectivity index (χ3n) is 3.77. The van der Waals surface area contributed by atoms with Gasteiger partial charge in [0.25, 0.3) is 0 Å². The number of furan rings is 1.